The van der Waals surface area contributed by atoms with E-state index in [9.17, 15) is 14.4 Å². The van der Waals surface area contributed by atoms with Gasteiger partial charge in [0.2, 0.25) is 11.8 Å². The molecule has 0 aliphatic carbocycles. The molecule has 1 heterocycles. The number of methoxy groups -OCH3 is 1. The van der Waals surface area contributed by atoms with E-state index in [2.05, 4.69) is 5.32 Å². The Labute approximate surface area is 116 Å². The normalized spacial score (nSPS) is 19.3. The lowest BCUT2D eigenvalue weighted by Crippen LogP contribution is -2.59. The Bertz CT molecular complexity index is 568. The van der Waals surface area contributed by atoms with Crippen LogP contribution in [0.1, 0.15) is 13.8 Å². The number of benzene rings is 1. The van der Waals surface area contributed by atoms with E-state index >= 15 is 0 Å². The van der Waals surface area contributed by atoms with Gasteiger partial charge in [-0.05, 0) is 18.1 Å². The highest BCUT2D eigenvalue weighted by molar-refractivity contribution is 6.27. The summed E-state index contributed by atoms with van der Waals surface area (Å²) < 4.78 is 5.07. The smallest absolute Gasteiger partial charge is 0.335 e. The molecule has 1 aromatic carbocycles. The van der Waals surface area contributed by atoms with Crippen molar-refractivity contribution in [1.82, 2.24) is 5.32 Å². The third-order valence-electron chi connectivity index (χ3n) is 3.18. The number of urea groups is 1. The SMILES string of the molecule is COc1cccc(N2C(=O)NC(=O)C(C(C)C)C2=O)c1. The molecule has 0 radical (unpaired) electrons. The van der Waals surface area contributed by atoms with Gasteiger partial charge < -0.3 is 4.74 Å². The van der Waals surface area contributed by atoms with Crippen molar-refractivity contribution in [3.8, 4) is 5.75 Å². The van der Waals surface area contributed by atoms with Gasteiger partial charge in [-0.1, -0.05) is 19.9 Å². The van der Waals surface area contributed by atoms with Crippen LogP contribution in [0.3, 0.4) is 0 Å². The maximum Gasteiger partial charge on any atom is 0.335 e. The van der Waals surface area contributed by atoms with Crippen LogP contribution in [0.4, 0.5) is 10.5 Å². The molecule has 1 aromatic rings. The first-order valence-electron chi connectivity index (χ1n) is 6.28. The minimum absolute atomic E-state index is 0.191. The molecule has 1 saturated heterocycles. The molecule has 1 unspecified atom stereocenters. The molecular formula is C14H16N2O4. The van der Waals surface area contributed by atoms with E-state index in [1.807, 2.05) is 0 Å². The zero-order chi connectivity index (χ0) is 14.9. The van der Waals surface area contributed by atoms with E-state index in [4.69, 9.17) is 4.74 Å². The Balaban J connectivity index is 2.40. The van der Waals surface area contributed by atoms with Gasteiger partial charge in [-0.3, -0.25) is 14.9 Å². The van der Waals surface area contributed by atoms with Gasteiger partial charge in [0.1, 0.15) is 11.7 Å². The third kappa shape index (κ3) is 2.36. The van der Waals surface area contributed by atoms with Gasteiger partial charge in [0.05, 0.1) is 12.8 Å². The van der Waals surface area contributed by atoms with Gasteiger partial charge in [-0.2, -0.15) is 0 Å². The second kappa shape index (κ2) is 5.32. The Morgan fingerprint density at radius 1 is 1.25 bits per heavy atom. The monoisotopic (exact) mass is 276 g/mol. The van der Waals surface area contributed by atoms with Crippen molar-refractivity contribution in [2.75, 3.05) is 12.0 Å². The molecule has 1 aliphatic heterocycles. The summed E-state index contributed by atoms with van der Waals surface area (Å²) in [6.07, 6.45) is 0. The van der Waals surface area contributed by atoms with Crippen LogP contribution in [0.5, 0.6) is 5.75 Å². The molecule has 1 N–H and O–H groups in total. The fraction of sp³-hybridized carbons (Fsp3) is 0.357. The van der Waals surface area contributed by atoms with Gasteiger partial charge in [0.25, 0.3) is 0 Å². The van der Waals surface area contributed by atoms with Crippen LogP contribution in [0, 0.1) is 11.8 Å². The summed E-state index contributed by atoms with van der Waals surface area (Å²) in [5, 5.41) is 2.21. The van der Waals surface area contributed by atoms with Gasteiger partial charge >= 0.3 is 6.03 Å². The number of nitrogens with one attached hydrogen (secondary N) is 1. The number of carbonyl (C=O) groups is 3. The number of imide groups is 2. The first-order valence-corrected chi connectivity index (χ1v) is 6.28. The van der Waals surface area contributed by atoms with Crippen molar-refractivity contribution in [2.24, 2.45) is 11.8 Å². The van der Waals surface area contributed by atoms with Crippen molar-refractivity contribution >= 4 is 23.5 Å². The lowest BCUT2D eigenvalue weighted by Gasteiger charge is -2.31. The fourth-order valence-electron chi connectivity index (χ4n) is 2.17. The largest absolute Gasteiger partial charge is 0.497 e. The molecule has 0 aromatic heterocycles. The number of barbiturate groups is 1. The summed E-state index contributed by atoms with van der Waals surface area (Å²) in [4.78, 5) is 37.0. The van der Waals surface area contributed by atoms with Crippen LogP contribution >= 0.6 is 0 Å². The van der Waals surface area contributed by atoms with E-state index in [1.165, 1.54) is 7.11 Å². The molecule has 4 amide bonds. The Kier molecular flexibility index (Phi) is 3.74. The molecule has 6 nitrogen and oxygen atoms in total. The molecule has 20 heavy (non-hydrogen) atoms. The van der Waals surface area contributed by atoms with Crippen molar-refractivity contribution in [1.29, 1.82) is 0 Å². The van der Waals surface area contributed by atoms with Crippen molar-refractivity contribution in [3.63, 3.8) is 0 Å². The van der Waals surface area contributed by atoms with Gasteiger partial charge in [-0.25, -0.2) is 9.69 Å². The summed E-state index contributed by atoms with van der Waals surface area (Å²) in [7, 11) is 1.50. The molecule has 1 aliphatic rings. The van der Waals surface area contributed by atoms with Gasteiger partial charge in [-0.15, -0.1) is 0 Å². The topological polar surface area (TPSA) is 75.7 Å². The van der Waals surface area contributed by atoms with Crippen LogP contribution in [-0.2, 0) is 9.59 Å². The predicted molar refractivity (Wildman–Crippen MR) is 72.3 cm³/mol. The van der Waals surface area contributed by atoms with Crippen LogP contribution in [0.25, 0.3) is 0 Å². The summed E-state index contributed by atoms with van der Waals surface area (Å²) in [6, 6.07) is 5.85. The number of ether oxygens (including phenoxy) is 1. The maximum absolute atomic E-state index is 12.4. The summed E-state index contributed by atoms with van der Waals surface area (Å²) in [6.45, 7) is 3.53. The van der Waals surface area contributed by atoms with Crippen molar-refractivity contribution in [3.05, 3.63) is 24.3 Å². The Morgan fingerprint density at radius 2 is 1.95 bits per heavy atom. The van der Waals surface area contributed by atoms with Crippen LogP contribution in [0.2, 0.25) is 0 Å². The number of amides is 4. The average Bonchev–Trinajstić information content (AvgIpc) is 2.37. The molecule has 6 heteroatoms. The lowest BCUT2D eigenvalue weighted by atomic mass is 9.92. The van der Waals surface area contributed by atoms with E-state index in [0.717, 1.165) is 4.90 Å². The van der Waals surface area contributed by atoms with Crippen LogP contribution in [0.15, 0.2) is 24.3 Å². The quantitative estimate of drug-likeness (QED) is 0.850. The highest BCUT2D eigenvalue weighted by Gasteiger charge is 2.42. The molecule has 0 spiro atoms. The minimum Gasteiger partial charge on any atom is -0.497 e. The fourth-order valence-corrected chi connectivity index (χ4v) is 2.17. The van der Waals surface area contributed by atoms with E-state index in [-0.39, 0.29) is 5.92 Å². The summed E-state index contributed by atoms with van der Waals surface area (Å²) >= 11 is 0. The lowest BCUT2D eigenvalue weighted by molar-refractivity contribution is -0.136. The second-order valence-electron chi connectivity index (χ2n) is 4.89. The zero-order valence-electron chi connectivity index (χ0n) is 11.5. The molecular weight excluding hydrogens is 260 g/mol. The number of nitrogens with zero attached hydrogens (tertiary/aromatic N) is 1. The number of rotatable bonds is 3. The zero-order valence-corrected chi connectivity index (χ0v) is 11.5. The molecule has 1 fully saturated rings. The standard InChI is InChI=1S/C14H16N2O4/c1-8(2)11-12(17)15-14(19)16(13(11)18)9-5-4-6-10(7-9)20-3/h4-8,11H,1-3H3,(H,15,17,19). The molecule has 0 bridgehead atoms. The highest BCUT2D eigenvalue weighted by atomic mass is 16.5. The van der Waals surface area contributed by atoms with Crippen molar-refractivity contribution < 1.29 is 19.1 Å². The average molecular weight is 276 g/mol. The third-order valence-corrected chi connectivity index (χ3v) is 3.18. The number of carbonyl (C=O) groups excluding carboxylic acids is 3. The number of hydrogen-bond acceptors (Lipinski definition) is 4. The Morgan fingerprint density at radius 3 is 2.55 bits per heavy atom. The van der Waals surface area contributed by atoms with Gasteiger partial charge in [0.15, 0.2) is 0 Å². The van der Waals surface area contributed by atoms with E-state index < -0.39 is 23.8 Å². The van der Waals surface area contributed by atoms with Crippen LogP contribution < -0.4 is 15.0 Å². The number of anilines is 1. The molecule has 2 rings (SSSR count). The number of hydrogen-bond donors (Lipinski definition) is 1. The van der Waals surface area contributed by atoms with Gasteiger partial charge in [0, 0.05) is 6.07 Å². The Hall–Kier alpha value is -2.37. The minimum atomic E-state index is -0.862. The van der Waals surface area contributed by atoms with E-state index in [1.54, 1.807) is 38.1 Å². The summed E-state index contributed by atoms with van der Waals surface area (Å²) in [5.41, 5.74) is 0.380. The second-order valence-corrected chi connectivity index (χ2v) is 4.89. The first-order chi connectivity index (χ1) is 9.45. The highest BCUT2D eigenvalue weighted by Crippen LogP contribution is 2.27. The summed E-state index contributed by atoms with van der Waals surface area (Å²) in [5.74, 6) is -1.58. The molecule has 106 valence electrons. The first kappa shape index (κ1) is 14.0. The molecule has 1 atom stereocenters. The van der Waals surface area contributed by atoms with Crippen molar-refractivity contribution in [2.45, 2.75) is 13.8 Å². The van der Waals surface area contributed by atoms with E-state index in [0.29, 0.717) is 11.4 Å². The van der Waals surface area contributed by atoms with Crippen LogP contribution in [-0.4, -0.2) is 25.0 Å². The maximum atomic E-state index is 12.4. The molecule has 0 saturated carbocycles. The predicted octanol–water partition coefficient (Wildman–Crippen LogP) is 1.55.